The maximum Gasteiger partial charge on any atom is 0.160 e. The molecular formula is C23H25N5S. The Morgan fingerprint density at radius 1 is 1.03 bits per heavy atom. The molecule has 3 atom stereocenters. The van der Waals surface area contributed by atoms with E-state index >= 15 is 0 Å². The number of aromatic nitrogens is 3. The van der Waals surface area contributed by atoms with Crippen LogP contribution in [-0.2, 0) is 0 Å². The van der Waals surface area contributed by atoms with Crippen LogP contribution in [0.4, 0.5) is 0 Å². The van der Waals surface area contributed by atoms with Crippen LogP contribution in [0.3, 0.4) is 0 Å². The zero-order valence-corrected chi connectivity index (χ0v) is 18.0. The van der Waals surface area contributed by atoms with Crippen LogP contribution in [0, 0.1) is 20.8 Å². The number of fused-ring (bicyclic) bond motifs is 1. The monoisotopic (exact) mass is 403 g/mol. The number of pyridine rings is 2. The number of thioether (sulfide) groups is 1. The average Bonchev–Trinajstić information content (AvgIpc) is 3.32. The predicted octanol–water partition coefficient (Wildman–Crippen LogP) is 4.78. The van der Waals surface area contributed by atoms with Crippen molar-refractivity contribution in [3.05, 3.63) is 77.0 Å². The first kappa shape index (κ1) is 18.4. The van der Waals surface area contributed by atoms with Gasteiger partial charge in [0.2, 0.25) is 0 Å². The van der Waals surface area contributed by atoms with Crippen molar-refractivity contribution in [2.45, 2.75) is 45.0 Å². The molecule has 148 valence electrons. The lowest BCUT2D eigenvalue weighted by atomic mass is 9.96. The number of aryl methyl sites for hydroxylation is 2. The van der Waals surface area contributed by atoms with Gasteiger partial charge in [-0.2, -0.15) is 0 Å². The van der Waals surface area contributed by atoms with E-state index in [1.807, 2.05) is 36.3 Å². The molecule has 0 unspecified atom stereocenters. The molecule has 0 N–H and O–H groups in total. The third-order valence-electron chi connectivity index (χ3n) is 5.80. The maximum absolute atomic E-state index is 5.11. The van der Waals surface area contributed by atoms with E-state index in [1.54, 1.807) is 0 Å². The molecule has 5 rings (SSSR count). The normalized spacial score (nSPS) is 23.4. The van der Waals surface area contributed by atoms with Crippen LogP contribution in [-0.4, -0.2) is 36.4 Å². The number of nitrogens with zero attached hydrogens (tertiary/aromatic N) is 5. The van der Waals surface area contributed by atoms with Gasteiger partial charge in [0.1, 0.15) is 11.9 Å². The zero-order chi connectivity index (χ0) is 20.1. The van der Waals surface area contributed by atoms with E-state index in [0.717, 1.165) is 23.2 Å². The van der Waals surface area contributed by atoms with E-state index in [2.05, 4.69) is 71.4 Å². The highest BCUT2D eigenvalue weighted by Gasteiger charge is 2.44. The van der Waals surface area contributed by atoms with Crippen molar-refractivity contribution >= 4 is 16.9 Å². The molecule has 0 aliphatic carbocycles. The molecule has 0 amide bonds. The highest BCUT2D eigenvalue weighted by atomic mass is 32.2. The smallest absolute Gasteiger partial charge is 0.160 e. The highest BCUT2D eigenvalue weighted by Crippen LogP contribution is 2.48. The minimum atomic E-state index is 0.0191. The fourth-order valence-electron chi connectivity index (χ4n) is 4.54. The summed E-state index contributed by atoms with van der Waals surface area (Å²) in [5.41, 5.74) is 5.99. The molecule has 3 aromatic heterocycles. The largest absolute Gasteiger partial charge is 0.341 e. The summed E-state index contributed by atoms with van der Waals surface area (Å²) in [6.07, 6.45) is 3.75. The van der Waals surface area contributed by atoms with Crippen molar-refractivity contribution in [3.63, 3.8) is 0 Å². The first-order valence-corrected chi connectivity index (χ1v) is 10.9. The summed E-state index contributed by atoms with van der Waals surface area (Å²) in [6.45, 7) is 9.76. The van der Waals surface area contributed by atoms with Crippen LogP contribution >= 0.6 is 11.8 Å². The fourth-order valence-corrected chi connectivity index (χ4v) is 5.63. The quantitative estimate of drug-likeness (QED) is 0.631. The van der Waals surface area contributed by atoms with Crippen LogP contribution < -0.4 is 0 Å². The molecule has 2 aliphatic heterocycles. The number of hydrogen-bond donors (Lipinski definition) is 0. The summed E-state index contributed by atoms with van der Waals surface area (Å²) in [5.74, 6) is 0.976. The molecule has 0 radical (unpaired) electrons. The van der Waals surface area contributed by atoms with E-state index in [-0.39, 0.29) is 12.1 Å². The van der Waals surface area contributed by atoms with Gasteiger partial charge in [0, 0.05) is 35.6 Å². The van der Waals surface area contributed by atoms with Gasteiger partial charge < -0.3 is 9.47 Å². The van der Waals surface area contributed by atoms with Gasteiger partial charge in [-0.05, 0) is 62.2 Å². The highest BCUT2D eigenvalue weighted by molar-refractivity contribution is 8.14. The van der Waals surface area contributed by atoms with Crippen molar-refractivity contribution in [1.82, 2.24) is 19.4 Å². The van der Waals surface area contributed by atoms with E-state index < -0.39 is 0 Å². The van der Waals surface area contributed by atoms with Gasteiger partial charge in [0.15, 0.2) is 5.17 Å². The standard InChI is InChI=1S/C23H25N5S/c1-14-8-10-25-20(11-14)28-15(2)12-18(17(28)4)22-21(19-7-5-6-9-24-19)26-23-27(22)13-16(3)29-23/h5-12,16,21-22H,13H2,1-4H3/t16-,21+,22-/m1/s1. The molecule has 3 aromatic rings. The number of amidine groups is 1. The lowest BCUT2D eigenvalue weighted by Gasteiger charge is -2.27. The molecule has 0 bridgehead atoms. The van der Waals surface area contributed by atoms with Crippen molar-refractivity contribution < 1.29 is 0 Å². The van der Waals surface area contributed by atoms with Crippen molar-refractivity contribution in [1.29, 1.82) is 0 Å². The Morgan fingerprint density at radius 3 is 2.66 bits per heavy atom. The van der Waals surface area contributed by atoms with Gasteiger partial charge >= 0.3 is 0 Å². The third kappa shape index (κ3) is 3.06. The molecular weight excluding hydrogens is 378 g/mol. The maximum atomic E-state index is 5.11. The molecule has 29 heavy (non-hydrogen) atoms. The fraction of sp³-hybridized carbons (Fsp3) is 0.348. The minimum absolute atomic E-state index is 0.0191. The van der Waals surface area contributed by atoms with Gasteiger partial charge in [0.25, 0.3) is 0 Å². The Balaban J connectivity index is 1.63. The molecule has 2 aliphatic rings. The summed E-state index contributed by atoms with van der Waals surface area (Å²) in [5, 5.41) is 1.71. The Morgan fingerprint density at radius 2 is 1.90 bits per heavy atom. The first-order valence-electron chi connectivity index (χ1n) is 10.1. The van der Waals surface area contributed by atoms with Crippen molar-refractivity contribution in [2.24, 2.45) is 4.99 Å². The lowest BCUT2D eigenvalue weighted by Crippen LogP contribution is -2.28. The number of hydrogen-bond acceptors (Lipinski definition) is 5. The van der Waals surface area contributed by atoms with Crippen LogP contribution in [0.15, 0.2) is 53.8 Å². The molecule has 0 saturated carbocycles. The molecule has 0 aromatic carbocycles. The van der Waals surface area contributed by atoms with E-state index in [1.165, 1.54) is 22.5 Å². The van der Waals surface area contributed by atoms with Crippen LogP contribution in [0.5, 0.6) is 0 Å². The Bertz CT molecular complexity index is 1090. The topological polar surface area (TPSA) is 46.3 Å². The molecule has 1 saturated heterocycles. The molecule has 0 spiro atoms. The van der Waals surface area contributed by atoms with Gasteiger partial charge in [-0.25, -0.2) is 4.98 Å². The average molecular weight is 404 g/mol. The van der Waals surface area contributed by atoms with Gasteiger partial charge in [0.05, 0.1) is 11.7 Å². The van der Waals surface area contributed by atoms with Gasteiger partial charge in [-0.3, -0.25) is 9.98 Å². The Hall–Kier alpha value is -2.60. The second-order valence-electron chi connectivity index (χ2n) is 7.99. The van der Waals surface area contributed by atoms with Crippen LogP contribution in [0.2, 0.25) is 0 Å². The Labute approximate surface area is 175 Å². The van der Waals surface area contributed by atoms with E-state index in [9.17, 15) is 0 Å². The summed E-state index contributed by atoms with van der Waals surface area (Å²) < 4.78 is 2.27. The van der Waals surface area contributed by atoms with Crippen molar-refractivity contribution in [2.75, 3.05) is 6.54 Å². The van der Waals surface area contributed by atoms with Crippen LogP contribution in [0.1, 0.15) is 47.2 Å². The Kier molecular flexibility index (Phi) is 4.46. The summed E-state index contributed by atoms with van der Waals surface area (Å²) in [7, 11) is 0. The molecule has 1 fully saturated rings. The molecule has 5 nitrogen and oxygen atoms in total. The first-order chi connectivity index (χ1) is 14.0. The van der Waals surface area contributed by atoms with Gasteiger partial charge in [-0.15, -0.1) is 0 Å². The minimum Gasteiger partial charge on any atom is -0.341 e. The summed E-state index contributed by atoms with van der Waals surface area (Å²) in [4.78, 5) is 16.9. The summed E-state index contributed by atoms with van der Waals surface area (Å²) in [6, 6.07) is 12.8. The number of aliphatic imine (C=N–C) groups is 1. The predicted molar refractivity (Wildman–Crippen MR) is 119 cm³/mol. The third-order valence-corrected chi connectivity index (χ3v) is 6.90. The number of rotatable bonds is 3. The van der Waals surface area contributed by atoms with Crippen LogP contribution in [0.25, 0.3) is 5.82 Å². The van der Waals surface area contributed by atoms with Gasteiger partial charge in [-0.1, -0.05) is 24.8 Å². The van der Waals surface area contributed by atoms with E-state index in [0.29, 0.717) is 5.25 Å². The zero-order valence-electron chi connectivity index (χ0n) is 17.2. The second-order valence-corrected chi connectivity index (χ2v) is 9.40. The SMILES string of the molecule is Cc1ccnc(-n2c(C)cc([C@@H]3[C@H](c4ccccn4)N=C4S[C@H](C)CN43)c2C)c1. The molecule has 5 heterocycles. The summed E-state index contributed by atoms with van der Waals surface area (Å²) >= 11 is 1.88. The van der Waals surface area contributed by atoms with E-state index in [4.69, 9.17) is 4.99 Å². The lowest BCUT2D eigenvalue weighted by molar-refractivity contribution is 0.320. The second kappa shape index (κ2) is 7.02. The molecule has 6 heteroatoms. The van der Waals surface area contributed by atoms with Crippen molar-refractivity contribution in [3.8, 4) is 5.82 Å².